The summed E-state index contributed by atoms with van der Waals surface area (Å²) in [5.74, 6) is -1.81. The number of nitrogens with one attached hydrogen (secondary N) is 2. The lowest BCUT2D eigenvalue weighted by atomic mass is 10.2. The number of rotatable bonds is 4. The van der Waals surface area contributed by atoms with Gasteiger partial charge in [-0.15, -0.1) is 0 Å². The number of carbonyl (C=O) groups is 2. The molecule has 1 aliphatic heterocycles. The van der Waals surface area contributed by atoms with Crippen molar-refractivity contribution in [2.24, 2.45) is 0 Å². The number of carboxylic acids is 1. The van der Waals surface area contributed by atoms with E-state index in [1.54, 1.807) is 0 Å². The van der Waals surface area contributed by atoms with Gasteiger partial charge in [-0.25, -0.2) is 4.79 Å². The maximum Gasteiger partial charge on any atom is 0.328 e. The normalized spacial score (nSPS) is 27.3. The van der Waals surface area contributed by atoms with E-state index in [4.69, 9.17) is 15.3 Å². The number of carboxylic acid groups (broad SMARTS) is 1. The molecule has 0 spiro atoms. The van der Waals surface area contributed by atoms with Crippen molar-refractivity contribution in [2.45, 2.75) is 24.6 Å². The zero-order chi connectivity index (χ0) is 11.4. The number of aliphatic hydroxyl groups is 2. The quantitative estimate of drug-likeness (QED) is 0.349. The predicted molar refractivity (Wildman–Crippen MR) is 49.1 cm³/mol. The van der Waals surface area contributed by atoms with Gasteiger partial charge in [0.2, 0.25) is 5.91 Å². The average molecular weight is 218 g/mol. The molecule has 1 fully saturated rings. The van der Waals surface area contributed by atoms with Gasteiger partial charge >= 0.3 is 5.97 Å². The van der Waals surface area contributed by atoms with Gasteiger partial charge in [-0.1, -0.05) is 0 Å². The molecule has 15 heavy (non-hydrogen) atoms. The summed E-state index contributed by atoms with van der Waals surface area (Å²) in [6.45, 7) is -0.342. The molecule has 1 unspecified atom stereocenters. The highest BCUT2D eigenvalue weighted by Gasteiger charge is 2.30. The van der Waals surface area contributed by atoms with Crippen LogP contribution in [0.25, 0.3) is 0 Å². The number of carbonyl (C=O) groups excluding carboxylic acids is 1. The Labute approximate surface area is 86.1 Å². The lowest BCUT2D eigenvalue weighted by Crippen LogP contribution is -2.49. The average Bonchev–Trinajstić information content (AvgIpc) is 2.60. The van der Waals surface area contributed by atoms with Crippen LogP contribution < -0.4 is 10.6 Å². The van der Waals surface area contributed by atoms with Crippen LogP contribution in [0, 0.1) is 0 Å². The van der Waals surface area contributed by atoms with Gasteiger partial charge in [-0.3, -0.25) is 4.79 Å². The minimum Gasteiger partial charge on any atom is -0.480 e. The number of β-amino-alcohol motifs (C(OH)–C–C–N with tert-alkyl or cyclic N) is 1. The lowest BCUT2D eigenvalue weighted by Gasteiger charge is -2.15. The van der Waals surface area contributed by atoms with Gasteiger partial charge in [0.05, 0.1) is 18.8 Å². The molecule has 0 aromatic heterocycles. The third-order valence-corrected chi connectivity index (χ3v) is 2.22. The summed E-state index contributed by atoms with van der Waals surface area (Å²) in [5, 5.41) is 31.3. The first kappa shape index (κ1) is 11.9. The third kappa shape index (κ3) is 3.15. The van der Waals surface area contributed by atoms with Crippen LogP contribution in [-0.4, -0.2) is 58.5 Å². The van der Waals surface area contributed by atoms with Gasteiger partial charge in [0.25, 0.3) is 0 Å². The van der Waals surface area contributed by atoms with E-state index in [-0.39, 0.29) is 6.42 Å². The summed E-state index contributed by atoms with van der Waals surface area (Å²) in [6.07, 6.45) is -0.331. The molecule has 1 saturated heterocycles. The number of hydrogen-bond donors (Lipinski definition) is 5. The first-order valence-corrected chi connectivity index (χ1v) is 4.60. The molecule has 1 aliphatic rings. The van der Waals surface area contributed by atoms with E-state index in [1.807, 2.05) is 0 Å². The molecular weight excluding hydrogens is 204 g/mol. The van der Waals surface area contributed by atoms with E-state index in [2.05, 4.69) is 10.6 Å². The Morgan fingerprint density at radius 2 is 2.20 bits per heavy atom. The number of aliphatic carboxylic acids is 1. The molecule has 0 aromatic carbocycles. The van der Waals surface area contributed by atoms with E-state index in [1.165, 1.54) is 0 Å². The number of hydrogen-bond acceptors (Lipinski definition) is 5. The van der Waals surface area contributed by atoms with Crippen molar-refractivity contribution >= 4 is 11.9 Å². The Morgan fingerprint density at radius 3 is 2.60 bits per heavy atom. The first-order valence-electron chi connectivity index (χ1n) is 4.60. The molecule has 1 heterocycles. The molecule has 0 saturated carbocycles. The molecule has 1 amide bonds. The van der Waals surface area contributed by atoms with Crippen LogP contribution in [0.1, 0.15) is 6.42 Å². The maximum absolute atomic E-state index is 11.4. The van der Waals surface area contributed by atoms with Crippen molar-refractivity contribution in [1.29, 1.82) is 0 Å². The summed E-state index contributed by atoms with van der Waals surface area (Å²) in [6, 6.07) is -1.88. The molecule has 7 nitrogen and oxygen atoms in total. The summed E-state index contributed by atoms with van der Waals surface area (Å²) < 4.78 is 0. The first-order chi connectivity index (χ1) is 7.04. The molecule has 0 radical (unpaired) electrons. The summed E-state index contributed by atoms with van der Waals surface area (Å²) in [4.78, 5) is 21.9. The van der Waals surface area contributed by atoms with Crippen LogP contribution in [0.2, 0.25) is 0 Å². The minimum absolute atomic E-state index is 0.254. The van der Waals surface area contributed by atoms with E-state index < -0.39 is 36.7 Å². The molecule has 0 aromatic rings. The largest absolute Gasteiger partial charge is 0.480 e. The molecule has 5 N–H and O–H groups in total. The second-order valence-electron chi connectivity index (χ2n) is 3.43. The Balaban J connectivity index is 2.44. The third-order valence-electron chi connectivity index (χ3n) is 2.22. The molecule has 3 atom stereocenters. The Kier molecular flexibility index (Phi) is 4.01. The molecule has 86 valence electrons. The smallest absolute Gasteiger partial charge is 0.328 e. The number of aliphatic hydroxyl groups excluding tert-OH is 2. The predicted octanol–water partition coefficient (Wildman–Crippen LogP) is -2.73. The van der Waals surface area contributed by atoms with E-state index in [9.17, 15) is 9.59 Å². The Hall–Kier alpha value is -1.18. The highest BCUT2D eigenvalue weighted by atomic mass is 16.4. The summed E-state index contributed by atoms with van der Waals surface area (Å²) in [5.41, 5.74) is 0. The standard InChI is InChI=1S/C8H14N2O5/c11-3-6(8(14)15)10-7(13)5-1-4(12)2-9-5/h4-6,9,11-12H,1-3H2,(H,10,13)(H,14,15)/t4-,5?,6+/m1/s1. The Bertz CT molecular complexity index is 257. The fourth-order valence-electron chi connectivity index (χ4n) is 1.37. The second kappa shape index (κ2) is 5.06. The topological polar surface area (TPSA) is 119 Å². The van der Waals surface area contributed by atoms with Crippen molar-refractivity contribution in [3.63, 3.8) is 0 Å². The maximum atomic E-state index is 11.4. The van der Waals surface area contributed by atoms with Crippen LogP contribution in [0.15, 0.2) is 0 Å². The van der Waals surface area contributed by atoms with Crippen LogP contribution in [0.5, 0.6) is 0 Å². The van der Waals surface area contributed by atoms with Crippen LogP contribution >= 0.6 is 0 Å². The molecule has 1 rings (SSSR count). The SMILES string of the molecule is O=C(N[C@@H](CO)C(=O)O)C1C[C@@H](O)CN1. The van der Waals surface area contributed by atoms with Gasteiger partial charge in [-0.2, -0.15) is 0 Å². The summed E-state index contributed by atoms with van der Waals surface area (Å²) in [7, 11) is 0. The minimum atomic E-state index is -1.29. The lowest BCUT2D eigenvalue weighted by molar-refractivity contribution is -0.143. The monoisotopic (exact) mass is 218 g/mol. The van der Waals surface area contributed by atoms with Crippen molar-refractivity contribution in [3.05, 3.63) is 0 Å². The van der Waals surface area contributed by atoms with Gasteiger partial charge in [-0.05, 0) is 6.42 Å². The fraction of sp³-hybridized carbons (Fsp3) is 0.750. The van der Waals surface area contributed by atoms with Crippen LogP contribution in [-0.2, 0) is 9.59 Å². The van der Waals surface area contributed by atoms with E-state index in [0.29, 0.717) is 6.54 Å². The van der Waals surface area contributed by atoms with Crippen LogP contribution in [0.3, 0.4) is 0 Å². The highest BCUT2D eigenvalue weighted by Crippen LogP contribution is 2.06. The zero-order valence-corrected chi connectivity index (χ0v) is 8.01. The molecule has 0 aliphatic carbocycles. The Morgan fingerprint density at radius 1 is 1.53 bits per heavy atom. The molecule has 0 bridgehead atoms. The van der Waals surface area contributed by atoms with Crippen molar-refractivity contribution in [1.82, 2.24) is 10.6 Å². The van der Waals surface area contributed by atoms with Crippen LogP contribution in [0.4, 0.5) is 0 Å². The van der Waals surface area contributed by atoms with Crippen molar-refractivity contribution in [3.8, 4) is 0 Å². The fourth-order valence-corrected chi connectivity index (χ4v) is 1.37. The van der Waals surface area contributed by atoms with Gasteiger partial charge < -0.3 is 26.0 Å². The number of amides is 1. The van der Waals surface area contributed by atoms with Crippen molar-refractivity contribution < 1.29 is 24.9 Å². The molecular formula is C8H14N2O5. The van der Waals surface area contributed by atoms with E-state index in [0.717, 1.165) is 0 Å². The molecule has 7 heteroatoms. The van der Waals surface area contributed by atoms with E-state index >= 15 is 0 Å². The van der Waals surface area contributed by atoms with Crippen molar-refractivity contribution in [2.75, 3.05) is 13.2 Å². The summed E-state index contributed by atoms with van der Waals surface area (Å²) >= 11 is 0. The zero-order valence-electron chi connectivity index (χ0n) is 8.01. The van der Waals surface area contributed by atoms with Gasteiger partial charge in [0.15, 0.2) is 0 Å². The highest BCUT2D eigenvalue weighted by molar-refractivity contribution is 5.87. The van der Waals surface area contributed by atoms with Gasteiger partial charge in [0, 0.05) is 6.54 Å². The second-order valence-corrected chi connectivity index (χ2v) is 3.43. The van der Waals surface area contributed by atoms with Gasteiger partial charge in [0.1, 0.15) is 6.04 Å².